The van der Waals surface area contributed by atoms with Gasteiger partial charge in [-0.25, -0.2) is 9.48 Å². The van der Waals surface area contributed by atoms with Gasteiger partial charge in [0.05, 0.1) is 12.2 Å². The molecule has 0 spiro atoms. The van der Waals surface area contributed by atoms with Crippen molar-refractivity contribution in [2.45, 2.75) is 26.9 Å². The monoisotopic (exact) mass is 479 g/mol. The molecular weight excluding hydrogens is 450 g/mol. The maximum absolute atomic E-state index is 13.1. The van der Waals surface area contributed by atoms with E-state index in [0.717, 1.165) is 22.5 Å². The lowest BCUT2D eigenvalue weighted by atomic mass is 10.1. The van der Waals surface area contributed by atoms with Crippen LogP contribution < -0.4 is 16.5 Å². The van der Waals surface area contributed by atoms with Crippen LogP contribution in [0.1, 0.15) is 19.4 Å². The molecule has 0 aliphatic heterocycles. The van der Waals surface area contributed by atoms with Crippen molar-refractivity contribution in [3.63, 3.8) is 0 Å². The van der Waals surface area contributed by atoms with Crippen LogP contribution in [-0.2, 0) is 20.1 Å². The van der Waals surface area contributed by atoms with Crippen LogP contribution in [0.5, 0.6) is 0 Å². The molecule has 0 fully saturated rings. The number of hydrogen-bond donors (Lipinski definition) is 2. The molecule has 0 aliphatic carbocycles. The zero-order valence-electron chi connectivity index (χ0n) is 20.6. The number of fused-ring (bicyclic) bond motifs is 1. The van der Waals surface area contributed by atoms with Crippen molar-refractivity contribution in [1.82, 2.24) is 23.9 Å². The van der Waals surface area contributed by atoms with Crippen molar-refractivity contribution >= 4 is 22.5 Å². The molecule has 2 N–H and O–H groups in total. The minimum Gasteiger partial charge on any atom is -0.340 e. The Morgan fingerprint density at radius 3 is 2.36 bits per heavy atom. The van der Waals surface area contributed by atoms with Crippen molar-refractivity contribution < 1.29 is 0 Å². The number of para-hydroxylation sites is 1. The molecule has 2 aromatic carbocycles. The van der Waals surface area contributed by atoms with Crippen molar-refractivity contribution in [3.8, 4) is 11.3 Å². The summed E-state index contributed by atoms with van der Waals surface area (Å²) in [4.78, 5) is 17.5. The van der Waals surface area contributed by atoms with Crippen LogP contribution in [0.15, 0.2) is 83.8 Å². The minimum atomic E-state index is -0.239. The third kappa shape index (κ3) is 4.45. The summed E-state index contributed by atoms with van der Waals surface area (Å²) in [5.74, 6) is 0.931. The highest BCUT2D eigenvalue weighted by molar-refractivity contribution is 5.89. The van der Waals surface area contributed by atoms with Crippen LogP contribution >= 0.6 is 0 Å². The molecule has 0 saturated carbocycles. The van der Waals surface area contributed by atoms with Gasteiger partial charge in [0.15, 0.2) is 5.65 Å². The van der Waals surface area contributed by atoms with Crippen LogP contribution in [-0.4, -0.2) is 23.9 Å². The van der Waals surface area contributed by atoms with Gasteiger partial charge in [-0.3, -0.25) is 19.5 Å². The Balaban J connectivity index is 1.64. The molecule has 5 rings (SSSR count). The Kier molecular flexibility index (Phi) is 6.25. The number of hydrogen-bond acceptors (Lipinski definition) is 5. The third-order valence-corrected chi connectivity index (χ3v) is 6.11. The van der Waals surface area contributed by atoms with Gasteiger partial charge in [0.2, 0.25) is 0 Å². The van der Waals surface area contributed by atoms with Crippen LogP contribution in [0, 0.1) is 11.3 Å². The predicted octanol–water partition coefficient (Wildman–Crippen LogP) is 4.53. The second-order valence-corrected chi connectivity index (χ2v) is 9.30. The first-order valence-corrected chi connectivity index (χ1v) is 12.0. The number of nitrogens with one attached hydrogen (secondary N) is 2. The van der Waals surface area contributed by atoms with Gasteiger partial charge >= 0.3 is 5.69 Å². The van der Waals surface area contributed by atoms with Crippen molar-refractivity contribution in [2.24, 2.45) is 13.0 Å². The predicted molar refractivity (Wildman–Crippen MR) is 142 cm³/mol. The van der Waals surface area contributed by atoms with E-state index in [0.29, 0.717) is 29.9 Å². The molecule has 3 aromatic heterocycles. The van der Waals surface area contributed by atoms with Gasteiger partial charge in [-0.1, -0.05) is 62.4 Å². The van der Waals surface area contributed by atoms with Crippen molar-refractivity contribution in [1.29, 1.82) is 5.41 Å². The highest BCUT2D eigenvalue weighted by Gasteiger charge is 2.20. The standard InChI is InChI=1S/C28H29N7O/c1-19(2)17-34-27-24(25(29)33(3)28(34)36)26(31-22-9-5-4-6-10-22)35(32-27)18-20-12-14-21(15-13-20)23-11-7-8-16-30-23/h4-16,19,29,31H,17-18H2,1-3H3. The molecule has 0 atom stereocenters. The fourth-order valence-corrected chi connectivity index (χ4v) is 4.31. The van der Waals surface area contributed by atoms with E-state index in [1.165, 1.54) is 4.57 Å². The van der Waals surface area contributed by atoms with Crippen LogP contribution in [0.2, 0.25) is 0 Å². The second-order valence-electron chi connectivity index (χ2n) is 9.30. The second kappa shape index (κ2) is 9.65. The minimum absolute atomic E-state index is 0.130. The van der Waals surface area contributed by atoms with E-state index in [1.807, 2.05) is 53.2 Å². The smallest absolute Gasteiger partial charge is 0.331 e. The Hall–Kier alpha value is -4.46. The van der Waals surface area contributed by atoms with E-state index in [4.69, 9.17) is 10.5 Å². The van der Waals surface area contributed by atoms with Gasteiger partial charge < -0.3 is 5.32 Å². The molecule has 182 valence electrons. The highest BCUT2D eigenvalue weighted by atomic mass is 16.1. The summed E-state index contributed by atoms with van der Waals surface area (Å²) in [7, 11) is 1.64. The average molecular weight is 480 g/mol. The normalized spacial score (nSPS) is 11.3. The van der Waals surface area contributed by atoms with Crippen LogP contribution in [0.4, 0.5) is 11.5 Å². The summed E-state index contributed by atoms with van der Waals surface area (Å²) < 4.78 is 4.91. The van der Waals surface area contributed by atoms with E-state index >= 15 is 0 Å². The zero-order chi connectivity index (χ0) is 25.2. The number of benzene rings is 2. The lowest BCUT2D eigenvalue weighted by molar-refractivity contribution is 0.496. The molecule has 0 radical (unpaired) electrons. The van der Waals surface area contributed by atoms with Crippen molar-refractivity contribution in [3.05, 3.63) is 101 Å². The Bertz CT molecular complexity index is 1610. The SMILES string of the molecule is CC(C)Cn1c(=O)n(C)c(=N)c2c(Nc3ccccc3)n(Cc3ccc(-c4ccccn4)cc3)nc21. The van der Waals surface area contributed by atoms with Gasteiger partial charge in [-0.05, 0) is 35.7 Å². The zero-order valence-corrected chi connectivity index (χ0v) is 20.6. The van der Waals surface area contributed by atoms with Crippen LogP contribution in [0.25, 0.3) is 22.3 Å². The van der Waals surface area contributed by atoms with E-state index in [1.54, 1.807) is 17.8 Å². The van der Waals surface area contributed by atoms with E-state index < -0.39 is 0 Å². The molecule has 0 amide bonds. The maximum Gasteiger partial charge on any atom is 0.331 e. The number of nitrogens with zero attached hydrogens (tertiary/aromatic N) is 5. The number of anilines is 2. The summed E-state index contributed by atoms with van der Waals surface area (Å²) in [6.07, 6.45) is 1.79. The quantitative estimate of drug-likeness (QED) is 0.359. The van der Waals surface area contributed by atoms with Gasteiger partial charge in [0.25, 0.3) is 0 Å². The molecule has 0 unspecified atom stereocenters. The molecule has 8 heteroatoms. The lowest BCUT2D eigenvalue weighted by Gasteiger charge is -2.12. The number of pyridine rings is 1. The molecule has 0 aliphatic rings. The van der Waals surface area contributed by atoms with Gasteiger partial charge in [0, 0.05) is 31.0 Å². The van der Waals surface area contributed by atoms with Crippen LogP contribution in [0.3, 0.4) is 0 Å². The topological polar surface area (TPSA) is 93.5 Å². The number of aromatic nitrogens is 5. The molecule has 5 aromatic rings. The first-order chi connectivity index (χ1) is 17.4. The average Bonchev–Trinajstić information content (AvgIpc) is 3.24. The molecular formula is C28H29N7O. The number of rotatable bonds is 7. The maximum atomic E-state index is 13.1. The Morgan fingerprint density at radius 1 is 0.972 bits per heavy atom. The Labute approximate surface area is 209 Å². The summed E-state index contributed by atoms with van der Waals surface area (Å²) in [6.45, 7) is 5.13. The molecule has 3 heterocycles. The fourth-order valence-electron chi connectivity index (χ4n) is 4.31. The third-order valence-electron chi connectivity index (χ3n) is 6.11. The summed E-state index contributed by atoms with van der Waals surface area (Å²) in [5, 5.41) is 17.7. The largest absolute Gasteiger partial charge is 0.340 e. The molecule has 0 saturated heterocycles. The van der Waals surface area contributed by atoms with E-state index in [9.17, 15) is 4.79 Å². The van der Waals surface area contributed by atoms with Gasteiger partial charge in [-0.15, -0.1) is 0 Å². The summed E-state index contributed by atoms with van der Waals surface area (Å²) in [5.41, 5.74) is 4.30. The van der Waals surface area contributed by atoms with Gasteiger partial charge in [0.1, 0.15) is 16.7 Å². The molecule has 0 bridgehead atoms. The lowest BCUT2D eigenvalue weighted by Crippen LogP contribution is -2.39. The van der Waals surface area contributed by atoms with Gasteiger partial charge in [-0.2, -0.15) is 5.10 Å². The molecule has 36 heavy (non-hydrogen) atoms. The van der Waals surface area contributed by atoms with E-state index in [2.05, 4.69) is 48.4 Å². The van der Waals surface area contributed by atoms with E-state index in [-0.39, 0.29) is 17.1 Å². The summed E-state index contributed by atoms with van der Waals surface area (Å²) in [6, 6.07) is 23.9. The fraction of sp³-hybridized carbons (Fsp3) is 0.214. The first-order valence-electron chi connectivity index (χ1n) is 12.0. The first kappa shape index (κ1) is 23.3. The highest BCUT2D eigenvalue weighted by Crippen LogP contribution is 2.26. The molecule has 8 nitrogen and oxygen atoms in total. The summed E-state index contributed by atoms with van der Waals surface area (Å²) >= 11 is 0. The van der Waals surface area contributed by atoms with Crippen molar-refractivity contribution in [2.75, 3.05) is 5.32 Å². The Morgan fingerprint density at radius 2 is 1.69 bits per heavy atom.